The fraction of sp³-hybridized carbons (Fsp3) is 0.933. The summed E-state index contributed by atoms with van der Waals surface area (Å²) in [6, 6.07) is 0.573. The molecule has 112 valence electrons. The van der Waals surface area contributed by atoms with Gasteiger partial charge in [-0.1, -0.05) is 12.8 Å². The van der Waals surface area contributed by atoms with Crippen molar-refractivity contribution >= 4 is 5.97 Å². The Kier molecular flexibility index (Phi) is 8.84. The van der Waals surface area contributed by atoms with Gasteiger partial charge in [0.25, 0.3) is 0 Å². The van der Waals surface area contributed by atoms with E-state index in [0.29, 0.717) is 25.7 Å². The van der Waals surface area contributed by atoms with Gasteiger partial charge in [-0.25, -0.2) is 0 Å². The minimum absolute atomic E-state index is 0.0707. The van der Waals surface area contributed by atoms with Crippen LogP contribution in [0, 0.1) is 0 Å². The summed E-state index contributed by atoms with van der Waals surface area (Å²) in [7, 11) is 0. The summed E-state index contributed by atoms with van der Waals surface area (Å²) in [5.41, 5.74) is 0. The van der Waals surface area contributed by atoms with Crippen molar-refractivity contribution in [3.63, 3.8) is 0 Å². The van der Waals surface area contributed by atoms with Crippen molar-refractivity contribution in [3.05, 3.63) is 0 Å². The molecule has 0 spiro atoms. The average molecular weight is 271 g/mol. The Balaban J connectivity index is 2.08. The van der Waals surface area contributed by atoms with Gasteiger partial charge in [0.05, 0.1) is 6.61 Å². The van der Waals surface area contributed by atoms with Crippen molar-refractivity contribution in [1.29, 1.82) is 0 Å². The third-order valence-electron chi connectivity index (χ3n) is 3.84. The van der Waals surface area contributed by atoms with E-state index in [0.717, 1.165) is 32.2 Å². The smallest absolute Gasteiger partial charge is 0.305 e. The number of hydrogen-bond donors (Lipinski definition) is 1. The molecular weight excluding hydrogens is 242 g/mol. The van der Waals surface area contributed by atoms with Crippen LogP contribution in [-0.2, 0) is 9.53 Å². The first-order valence-corrected chi connectivity index (χ1v) is 7.78. The first-order valence-electron chi connectivity index (χ1n) is 7.78. The molecule has 0 aromatic heterocycles. The largest absolute Gasteiger partial charge is 0.466 e. The molecule has 1 atom stereocenters. The molecule has 0 radical (unpaired) electrons. The van der Waals surface area contributed by atoms with E-state index in [9.17, 15) is 4.79 Å². The van der Waals surface area contributed by atoms with Crippen LogP contribution in [0.15, 0.2) is 0 Å². The maximum absolute atomic E-state index is 11.2. The van der Waals surface area contributed by atoms with E-state index in [2.05, 4.69) is 4.90 Å². The van der Waals surface area contributed by atoms with Gasteiger partial charge in [0.1, 0.15) is 0 Å². The molecule has 1 aliphatic heterocycles. The van der Waals surface area contributed by atoms with Crippen LogP contribution in [0.1, 0.15) is 58.3 Å². The lowest BCUT2D eigenvalue weighted by Gasteiger charge is -2.35. The Morgan fingerprint density at radius 3 is 2.89 bits per heavy atom. The number of rotatable bonds is 9. The number of nitrogens with zero attached hydrogens (tertiary/aromatic N) is 1. The molecule has 0 bridgehead atoms. The number of piperidine rings is 1. The van der Waals surface area contributed by atoms with Crippen molar-refractivity contribution in [2.45, 2.75) is 64.3 Å². The quantitative estimate of drug-likeness (QED) is 0.516. The van der Waals surface area contributed by atoms with Gasteiger partial charge in [-0.05, 0) is 52.1 Å². The van der Waals surface area contributed by atoms with Crippen LogP contribution in [0.25, 0.3) is 0 Å². The Labute approximate surface area is 117 Å². The molecule has 1 unspecified atom stereocenters. The number of aliphatic hydroxyl groups is 1. The molecule has 1 N–H and O–H groups in total. The topological polar surface area (TPSA) is 49.8 Å². The first-order chi connectivity index (χ1) is 9.27. The molecule has 4 heteroatoms. The van der Waals surface area contributed by atoms with Gasteiger partial charge in [-0.3, -0.25) is 4.79 Å². The van der Waals surface area contributed by atoms with E-state index in [-0.39, 0.29) is 5.97 Å². The van der Waals surface area contributed by atoms with Crippen LogP contribution in [0.4, 0.5) is 0 Å². The lowest BCUT2D eigenvalue weighted by Crippen LogP contribution is -2.40. The first kappa shape index (κ1) is 16.4. The minimum Gasteiger partial charge on any atom is -0.466 e. The molecule has 0 aromatic rings. The monoisotopic (exact) mass is 271 g/mol. The lowest BCUT2D eigenvalue weighted by atomic mass is 9.99. The van der Waals surface area contributed by atoms with Gasteiger partial charge < -0.3 is 14.7 Å². The Morgan fingerprint density at radius 1 is 1.32 bits per heavy atom. The van der Waals surface area contributed by atoms with Crippen LogP contribution in [0.5, 0.6) is 0 Å². The van der Waals surface area contributed by atoms with Crippen molar-refractivity contribution in [2.75, 3.05) is 26.3 Å². The fourth-order valence-corrected chi connectivity index (χ4v) is 2.82. The van der Waals surface area contributed by atoms with E-state index in [4.69, 9.17) is 9.84 Å². The van der Waals surface area contributed by atoms with Gasteiger partial charge in [-0.2, -0.15) is 0 Å². The van der Waals surface area contributed by atoms with Crippen LogP contribution in [-0.4, -0.2) is 48.3 Å². The highest BCUT2D eigenvalue weighted by Crippen LogP contribution is 2.20. The number of likely N-dealkylation sites (tertiary alicyclic amines) is 1. The lowest BCUT2D eigenvalue weighted by molar-refractivity contribution is -0.143. The zero-order chi connectivity index (χ0) is 13.9. The fourth-order valence-electron chi connectivity index (χ4n) is 2.82. The molecule has 1 rings (SSSR count). The van der Waals surface area contributed by atoms with Crippen LogP contribution in [0.3, 0.4) is 0 Å². The third-order valence-corrected chi connectivity index (χ3v) is 3.84. The molecular formula is C15H29NO3. The molecule has 1 aliphatic rings. The zero-order valence-corrected chi connectivity index (χ0v) is 12.3. The normalized spacial score (nSPS) is 20.4. The molecule has 0 aliphatic carbocycles. The number of unbranched alkanes of at least 4 members (excludes halogenated alkanes) is 2. The average Bonchev–Trinajstić information content (AvgIpc) is 2.41. The maximum Gasteiger partial charge on any atom is 0.305 e. The summed E-state index contributed by atoms with van der Waals surface area (Å²) in [6.45, 7) is 4.89. The van der Waals surface area contributed by atoms with E-state index in [1.807, 2.05) is 6.92 Å². The zero-order valence-electron chi connectivity index (χ0n) is 12.3. The summed E-state index contributed by atoms with van der Waals surface area (Å²) in [4.78, 5) is 13.7. The SMILES string of the molecule is CCOC(=O)CCCCCN1CCCCC1CCO. The number of carbonyl (C=O) groups excluding carboxylic acids is 1. The van der Waals surface area contributed by atoms with E-state index >= 15 is 0 Å². The predicted octanol–water partition coefficient (Wildman–Crippen LogP) is 2.35. The number of hydrogen-bond acceptors (Lipinski definition) is 4. The molecule has 19 heavy (non-hydrogen) atoms. The highest BCUT2D eigenvalue weighted by atomic mass is 16.5. The molecule has 0 saturated carbocycles. The molecule has 4 nitrogen and oxygen atoms in total. The third kappa shape index (κ3) is 6.92. The van der Waals surface area contributed by atoms with Gasteiger partial charge in [0.2, 0.25) is 0 Å². The number of carbonyl (C=O) groups is 1. The van der Waals surface area contributed by atoms with E-state index in [1.54, 1.807) is 0 Å². The molecule has 0 aromatic carbocycles. The summed E-state index contributed by atoms with van der Waals surface area (Å²) >= 11 is 0. The molecule has 1 saturated heterocycles. The standard InChI is InChI=1S/C15H29NO3/c1-2-19-15(18)9-4-3-6-11-16-12-7-5-8-14(16)10-13-17/h14,17H,2-13H2,1H3. The van der Waals surface area contributed by atoms with Crippen molar-refractivity contribution < 1.29 is 14.6 Å². The Morgan fingerprint density at radius 2 is 2.16 bits per heavy atom. The number of ether oxygens (including phenoxy) is 1. The number of aliphatic hydroxyl groups excluding tert-OH is 1. The second kappa shape index (κ2) is 10.2. The van der Waals surface area contributed by atoms with Crippen molar-refractivity contribution in [2.24, 2.45) is 0 Å². The van der Waals surface area contributed by atoms with Gasteiger partial charge >= 0.3 is 5.97 Å². The van der Waals surface area contributed by atoms with Gasteiger partial charge in [-0.15, -0.1) is 0 Å². The second-order valence-corrected chi connectivity index (χ2v) is 5.31. The molecule has 1 heterocycles. The summed E-state index contributed by atoms with van der Waals surface area (Å²) in [5.74, 6) is -0.0707. The highest BCUT2D eigenvalue weighted by molar-refractivity contribution is 5.69. The predicted molar refractivity (Wildman–Crippen MR) is 76.0 cm³/mol. The second-order valence-electron chi connectivity index (χ2n) is 5.31. The minimum atomic E-state index is -0.0707. The van der Waals surface area contributed by atoms with Gasteiger partial charge in [0, 0.05) is 19.1 Å². The maximum atomic E-state index is 11.2. The van der Waals surface area contributed by atoms with E-state index in [1.165, 1.54) is 25.8 Å². The highest BCUT2D eigenvalue weighted by Gasteiger charge is 2.20. The van der Waals surface area contributed by atoms with Crippen LogP contribution >= 0.6 is 0 Å². The van der Waals surface area contributed by atoms with Crippen LogP contribution in [0.2, 0.25) is 0 Å². The summed E-state index contributed by atoms with van der Waals surface area (Å²) in [6.07, 6.45) is 8.41. The molecule has 1 fully saturated rings. The summed E-state index contributed by atoms with van der Waals surface area (Å²) in [5, 5.41) is 9.08. The number of esters is 1. The van der Waals surface area contributed by atoms with Crippen molar-refractivity contribution in [3.8, 4) is 0 Å². The molecule has 0 amide bonds. The van der Waals surface area contributed by atoms with Crippen LogP contribution < -0.4 is 0 Å². The van der Waals surface area contributed by atoms with E-state index < -0.39 is 0 Å². The van der Waals surface area contributed by atoms with Crippen molar-refractivity contribution in [1.82, 2.24) is 4.90 Å². The Hall–Kier alpha value is -0.610. The Bertz CT molecular complexity index is 244. The van der Waals surface area contributed by atoms with Gasteiger partial charge in [0.15, 0.2) is 0 Å². The summed E-state index contributed by atoms with van der Waals surface area (Å²) < 4.78 is 4.91.